The van der Waals surface area contributed by atoms with Crippen molar-refractivity contribution in [1.82, 2.24) is 24.1 Å². The Hall–Kier alpha value is -6.46. The van der Waals surface area contributed by atoms with E-state index in [0.717, 1.165) is 61.6 Å². The molecule has 4 heterocycles. The molecule has 6 aromatic carbocycles. The minimum Gasteiger partial charge on any atom is -0.354 e. The third-order valence-corrected chi connectivity index (χ3v) is 12.2. The molecule has 0 bridgehead atoms. The number of hydrogen-bond donors (Lipinski definition) is 1. The van der Waals surface area contributed by atoms with Crippen LogP contribution in [0.1, 0.15) is 79.0 Å². The maximum atomic E-state index is 5.61. The zero-order valence-corrected chi connectivity index (χ0v) is 35.6. The smallest absolute Gasteiger partial charge is 0.147 e. The van der Waals surface area contributed by atoms with Gasteiger partial charge in [-0.15, -0.1) is 0 Å². The van der Waals surface area contributed by atoms with Crippen molar-refractivity contribution in [3.63, 3.8) is 0 Å². The molecule has 0 spiro atoms. The fraction of sp³-hybridized carbons (Fsp3) is 0.222. The van der Waals surface area contributed by atoms with Gasteiger partial charge in [0.25, 0.3) is 0 Å². The van der Waals surface area contributed by atoms with Crippen LogP contribution < -0.4 is 0 Å². The standard InChI is InChI=1S/C54H51N5/c1-52(2,3)34-27-28-55-47(32-34)59-45-29-33(25-26-40(45)48-42(54(7,8)9)30-35(31-46(48)59)53(4,5)6)37-20-16-24-44-50(37)57-51(58(44)36-17-11-10-12-18-36)41-22-15-21-39-38-19-13-14-23-43(38)56-49(39)41/h10-32,56H,1-9H3. The molecule has 59 heavy (non-hydrogen) atoms. The fourth-order valence-corrected chi connectivity index (χ4v) is 9.00. The fourth-order valence-electron chi connectivity index (χ4n) is 9.00. The van der Waals surface area contributed by atoms with Gasteiger partial charge in [-0.25, -0.2) is 9.97 Å². The van der Waals surface area contributed by atoms with Crippen molar-refractivity contribution in [3.8, 4) is 34.0 Å². The molecule has 0 saturated heterocycles. The SMILES string of the molecule is CC(C)(C)c1ccnc(-n2c3cc(-c4cccc5c4nc(-c4cccc6c4[nH]c4ccccc46)n5-c4ccccc4)ccc3c3c(C(C)(C)C)cc(C(C)(C)C)cc32)c1. The van der Waals surface area contributed by atoms with Crippen molar-refractivity contribution < 1.29 is 0 Å². The van der Waals surface area contributed by atoms with Crippen LogP contribution in [0.4, 0.5) is 0 Å². The zero-order valence-electron chi connectivity index (χ0n) is 35.6. The second-order valence-electron chi connectivity index (χ2n) is 19.3. The average Bonchev–Trinajstić information content (AvgIpc) is 3.89. The van der Waals surface area contributed by atoms with E-state index in [1.807, 2.05) is 6.20 Å². The van der Waals surface area contributed by atoms with Crippen molar-refractivity contribution >= 4 is 54.6 Å². The molecule has 0 unspecified atom stereocenters. The summed E-state index contributed by atoms with van der Waals surface area (Å²) < 4.78 is 4.73. The minimum atomic E-state index is -0.0852. The second-order valence-corrected chi connectivity index (χ2v) is 19.3. The number of nitrogens with one attached hydrogen (secondary N) is 1. The van der Waals surface area contributed by atoms with Crippen molar-refractivity contribution in [1.29, 1.82) is 0 Å². The average molecular weight is 770 g/mol. The van der Waals surface area contributed by atoms with Crippen molar-refractivity contribution in [2.24, 2.45) is 0 Å². The Balaban J connectivity index is 1.28. The van der Waals surface area contributed by atoms with E-state index in [4.69, 9.17) is 9.97 Å². The van der Waals surface area contributed by atoms with E-state index in [1.54, 1.807) is 0 Å². The van der Waals surface area contributed by atoms with Gasteiger partial charge in [0.1, 0.15) is 11.6 Å². The molecule has 0 aliphatic heterocycles. The van der Waals surface area contributed by atoms with Crippen LogP contribution in [-0.2, 0) is 16.2 Å². The topological polar surface area (TPSA) is 51.4 Å². The van der Waals surface area contributed by atoms with Gasteiger partial charge in [-0.1, -0.05) is 141 Å². The first-order valence-corrected chi connectivity index (χ1v) is 20.8. The monoisotopic (exact) mass is 769 g/mol. The highest BCUT2D eigenvalue weighted by Crippen LogP contribution is 2.44. The number of hydrogen-bond acceptors (Lipinski definition) is 2. The van der Waals surface area contributed by atoms with E-state index in [9.17, 15) is 0 Å². The van der Waals surface area contributed by atoms with E-state index in [-0.39, 0.29) is 16.2 Å². The molecule has 10 rings (SSSR count). The summed E-state index contributed by atoms with van der Waals surface area (Å²) in [5.41, 5.74) is 14.6. The first-order chi connectivity index (χ1) is 28.2. The summed E-state index contributed by atoms with van der Waals surface area (Å²) in [6, 6.07) is 48.6. The Morgan fingerprint density at radius 1 is 0.508 bits per heavy atom. The molecule has 0 amide bonds. The number of pyridine rings is 1. The number of para-hydroxylation sites is 4. The van der Waals surface area contributed by atoms with E-state index >= 15 is 0 Å². The molecule has 4 aromatic heterocycles. The van der Waals surface area contributed by atoms with Gasteiger partial charge in [0, 0.05) is 50.1 Å². The summed E-state index contributed by atoms with van der Waals surface area (Å²) in [6.45, 7) is 20.8. The van der Waals surface area contributed by atoms with Crippen molar-refractivity contribution in [2.75, 3.05) is 0 Å². The lowest BCUT2D eigenvalue weighted by Crippen LogP contribution is -2.17. The molecular weight excluding hydrogens is 719 g/mol. The number of benzene rings is 6. The van der Waals surface area contributed by atoms with Gasteiger partial charge in [0.15, 0.2) is 0 Å². The molecular formula is C54H51N5. The molecule has 0 aliphatic rings. The second kappa shape index (κ2) is 13.0. The predicted octanol–water partition coefficient (Wildman–Crippen LogP) is 14.4. The molecule has 0 saturated carbocycles. The Kier molecular flexibility index (Phi) is 8.13. The molecule has 0 fully saturated rings. The molecule has 5 heteroatoms. The highest BCUT2D eigenvalue weighted by molar-refractivity contribution is 6.14. The first kappa shape index (κ1) is 36.9. The Morgan fingerprint density at radius 2 is 1.22 bits per heavy atom. The zero-order chi connectivity index (χ0) is 41.0. The lowest BCUT2D eigenvalue weighted by atomic mass is 9.78. The molecule has 1 N–H and O–H groups in total. The van der Waals surface area contributed by atoms with Crippen LogP contribution in [0.2, 0.25) is 0 Å². The summed E-state index contributed by atoms with van der Waals surface area (Å²) in [4.78, 5) is 14.5. The highest BCUT2D eigenvalue weighted by Gasteiger charge is 2.28. The summed E-state index contributed by atoms with van der Waals surface area (Å²) in [7, 11) is 0. The number of aromatic amines is 1. The van der Waals surface area contributed by atoms with Crippen LogP contribution >= 0.6 is 0 Å². The van der Waals surface area contributed by atoms with E-state index < -0.39 is 0 Å². The minimum absolute atomic E-state index is 0.0309. The van der Waals surface area contributed by atoms with Crippen LogP contribution in [0.5, 0.6) is 0 Å². The van der Waals surface area contributed by atoms with Crippen molar-refractivity contribution in [3.05, 3.63) is 156 Å². The van der Waals surface area contributed by atoms with E-state index in [2.05, 4.69) is 210 Å². The quantitative estimate of drug-likeness (QED) is 0.194. The van der Waals surface area contributed by atoms with Gasteiger partial charge in [-0.2, -0.15) is 0 Å². The van der Waals surface area contributed by atoms with Gasteiger partial charge in [0.05, 0.1) is 27.6 Å². The third-order valence-electron chi connectivity index (χ3n) is 12.2. The maximum Gasteiger partial charge on any atom is 0.147 e. The lowest BCUT2D eigenvalue weighted by molar-refractivity contribution is 0.573. The van der Waals surface area contributed by atoms with Gasteiger partial charge >= 0.3 is 0 Å². The number of H-pyrrole nitrogens is 1. The number of aromatic nitrogens is 5. The molecule has 10 aromatic rings. The van der Waals surface area contributed by atoms with Crippen LogP contribution in [0, 0.1) is 0 Å². The molecule has 0 atom stereocenters. The first-order valence-electron chi connectivity index (χ1n) is 20.8. The number of nitrogens with zero attached hydrogens (tertiary/aromatic N) is 4. The summed E-state index contributed by atoms with van der Waals surface area (Å²) >= 11 is 0. The number of imidazole rings is 1. The van der Waals surface area contributed by atoms with Crippen LogP contribution in [0.15, 0.2) is 140 Å². The summed E-state index contributed by atoms with van der Waals surface area (Å²) in [5.74, 6) is 1.83. The predicted molar refractivity (Wildman–Crippen MR) is 250 cm³/mol. The van der Waals surface area contributed by atoms with E-state index in [1.165, 1.54) is 43.8 Å². The largest absolute Gasteiger partial charge is 0.354 e. The molecule has 0 radical (unpaired) electrons. The van der Waals surface area contributed by atoms with Crippen LogP contribution in [0.25, 0.3) is 88.7 Å². The van der Waals surface area contributed by atoms with Crippen LogP contribution in [0.3, 0.4) is 0 Å². The Morgan fingerprint density at radius 3 is 1.98 bits per heavy atom. The Labute approximate surface area is 346 Å². The molecule has 5 nitrogen and oxygen atoms in total. The summed E-state index contributed by atoms with van der Waals surface area (Å²) in [6.07, 6.45) is 1.97. The summed E-state index contributed by atoms with van der Waals surface area (Å²) in [5, 5.41) is 4.92. The lowest BCUT2D eigenvalue weighted by Gasteiger charge is -2.26. The van der Waals surface area contributed by atoms with E-state index in [0.29, 0.717) is 0 Å². The number of fused-ring (bicyclic) bond motifs is 7. The normalized spacial score (nSPS) is 12.8. The van der Waals surface area contributed by atoms with Gasteiger partial charge in [0.2, 0.25) is 0 Å². The van der Waals surface area contributed by atoms with Crippen LogP contribution in [-0.4, -0.2) is 24.1 Å². The number of rotatable bonds is 4. The highest BCUT2D eigenvalue weighted by atomic mass is 15.1. The Bertz CT molecular complexity index is 3260. The van der Waals surface area contributed by atoms with Gasteiger partial charge in [-0.05, 0) is 93.1 Å². The van der Waals surface area contributed by atoms with Gasteiger partial charge < -0.3 is 4.98 Å². The maximum absolute atomic E-state index is 5.61. The molecule has 292 valence electrons. The van der Waals surface area contributed by atoms with Gasteiger partial charge in [-0.3, -0.25) is 9.13 Å². The third kappa shape index (κ3) is 5.97. The molecule has 0 aliphatic carbocycles. The van der Waals surface area contributed by atoms with Crippen molar-refractivity contribution in [2.45, 2.75) is 78.6 Å².